The van der Waals surface area contributed by atoms with Gasteiger partial charge in [-0.15, -0.1) is 0 Å². The van der Waals surface area contributed by atoms with Crippen LogP contribution in [0.5, 0.6) is 11.5 Å². The first-order chi connectivity index (χ1) is 13.6. The molecule has 0 radical (unpaired) electrons. The SMILES string of the molecule is COc1cccc(C(CNC(=O)COc2ccc3ccccc3c2)N(C)C)c1. The zero-order valence-electron chi connectivity index (χ0n) is 16.5. The van der Waals surface area contributed by atoms with Crippen molar-refractivity contribution < 1.29 is 14.3 Å². The maximum atomic E-state index is 12.3. The van der Waals surface area contributed by atoms with Gasteiger partial charge < -0.3 is 19.7 Å². The number of methoxy groups -OCH3 is 1. The van der Waals surface area contributed by atoms with Crippen molar-refractivity contribution in [2.24, 2.45) is 0 Å². The maximum absolute atomic E-state index is 12.3. The van der Waals surface area contributed by atoms with Crippen LogP contribution in [0.2, 0.25) is 0 Å². The molecule has 0 fully saturated rings. The van der Waals surface area contributed by atoms with E-state index in [2.05, 4.69) is 10.2 Å². The molecule has 0 aliphatic heterocycles. The van der Waals surface area contributed by atoms with Gasteiger partial charge in [0.2, 0.25) is 0 Å². The van der Waals surface area contributed by atoms with Gasteiger partial charge in [-0.3, -0.25) is 4.79 Å². The van der Waals surface area contributed by atoms with Crippen LogP contribution in [0.1, 0.15) is 11.6 Å². The second-order valence-corrected chi connectivity index (χ2v) is 6.86. The van der Waals surface area contributed by atoms with Gasteiger partial charge in [-0.25, -0.2) is 0 Å². The van der Waals surface area contributed by atoms with E-state index in [0.29, 0.717) is 12.3 Å². The summed E-state index contributed by atoms with van der Waals surface area (Å²) in [5.74, 6) is 1.34. The number of amides is 1. The first kappa shape index (κ1) is 19.7. The van der Waals surface area contributed by atoms with Crippen LogP contribution in [-0.4, -0.2) is 45.2 Å². The Balaban J connectivity index is 1.56. The standard InChI is InChI=1S/C23H26N2O3/c1-25(2)22(19-9-6-10-20(14-19)27-3)15-24-23(26)16-28-21-12-11-17-7-4-5-8-18(17)13-21/h4-14,22H,15-16H2,1-3H3,(H,24,26). The summed E-state index contributed by atoms with van der Waals surface area (Å²) in [5, 5.41) is 5.19. The molecule has 1 atom stereocenters. The van der Waals surface area contributed by atoms with E-state index in [-0.39, 0.29) is 18.6 Å². The second kappa shape index (κ2) is 9.24. The Bertz CT molecular complexity index is 940. The quantitative estimate of drug-likeness (QED) is 0.650. The van der Waals surface area contributed by atoms with Crippen molar-refractivity contribution >= 4 is 16.7 Å². The molecule has 0 spiro atoms. The fourth-order valence-corrected chi connectivity index (χ4v) is 3.11. The van der Waals surface area contributed by atoms with E-state index in [1.165, 1.54) is 0 Å². The van der Waals surface area contributed by atoms with E-state index in [4.69, 9.17) is 9.47 Å². The molecule has 3 rings (SSSR count). The topological polar surface area (TPSA) is 50.8 Å². The largest absolute Gasteiger partial charge is 0.497 e. The van der Waals surface area contributed by atoms with Crippen LogP contribution in [0.4, 0.5) is 0 Å². The predicted molar refractivity (Wildman–Crippen MR) is 112 cm³/mol. The lowest BCUT2D eigenvalue weighted by atomic mass is 10.1. The molecule has 3 aromatic carbocycles. The molecule has 5 heteroatoms. The molecule has 1 amide bonds. The molecule has 0 saturated carbocycles. The molecular formula is C23H26N2O3. The van der Waals surface area contributed by atoms with Crippen LogP contribution in [0.3, 0.4) is 0 Å². The van der Waals surface area contributed by atoms with E-state index >= 15 is 0 Å². The fourth-order valence-electron chi connectivity index (χ4n) is 3.11. The fraction of sp³-hybridized carbons (Fsp3) is 0.261. The van der Waals surface area contributed by atoms with Gasteiger partial charge in [0, 0.05) is 6.54 Å². The number of likely N-dealkylation sites (N-methyl/N-ethyl adjacent to an activating group) is 1. The summed E-state index contributed by atoms with van der Waals surface area (Å²) >= 11 is 0. The van der Waals surface area contributed by atoms with Crippen LogP contribution in [-0.2, 0) is 4.79 Å². The molecule has 0 aliphatic rings. The lowest BCUT2D eigenvalue weighted by Crippen LogP contribution is -2.36. The molecule has 0 aromatic heterocycles. The normalized spacial score (nSPS) is 12.0. The van der Waals surface area contributed by atoms with Gasteiger partial charge in [-0.05, 0) is 54.7 Å². The Labute approximate surface area is 165 Å². The lowest BCUT2D eigenvalue weighted by Gasteiger charge is -2.25. The van der Waals surface area contributed by atoms with Gasteiger partial charge in [-0.1, -0.05) is 42.5 Å². The molecule has 0 bridgehead atoms. The molecule has 1 unspecified atom stereocenters. The summed E-state index contributed by atoms with van der Waals surface area (Å²) in [5.41, 5.74) is 1.08. The number of carbonyl (C=O) groups is 1. The van der Waals surface area contributed by atoms with Gasteiger partial charge in [0.05, 0.1) is 13.2 Å². The predicted octanol–water partition coefficient (Wildman–Crippen LogP) is 3.65. The summed E-state index contributed by atoms with van der Waals surface area (Å²) in [4.78, 5) is 14.4. The number of nitrogens with one attached hydrogen (secondary N) is 1. The Kier molecular flexibility index (Phi) is 6.50. The summed E-state index contributed by atoms with van der Waals surface area (Å²) in [6.45, 7) is 0.469. The van der Waals surface area contributed by atoms with Crippen molar-refractivity contribution in [3.8, 4) is 11.5 Å². The molecular weight excluding hydrogens is 352 g/mol. The van der Waals surface area contributed by atoms with E-state index in [1.807, 2.05) is 80.8 Å². The summed E-state index contributed by atoms with van der Waals surface area (Å²) in [6, 6.07) is 21.8. The number of carbonyl (C=O) groups excluding carboxylic acids is 1. The molecule has 0 saturated heterocycles. The van der Waals surface area contributed by atoms with Crippen LogP contribution >= 0.6 is 0 Å². The van der Waals surface area contributed by atoms with E-state index < -0.39 is 0 Å². The summed E-state index contributed by atoms with van der Waals surface area (Å²) < 4.78 is 11.0. The molecule has 3 aromatic rings. The van der Waals surface area contributed by atoms with Gasteiger partial charge in [0.15, 0.2) is 6.61 Å². The third kappa shape index (κ3) is 5.02. The zero-order valence-corrected chi connectivity index (χ0v) is 16.5. The van der Waals surface area contributed by atoms with Crippen LogP contribution in [0, 0.1) is 0 Å². The molecule has 28 heavy (non-hydrogen) atoms. The summed E-state index contributed by atoms with van der Waals surface area (Å²) in [6.07, 6.45) is 0. The highest BCUT2D eigenvalue weighted by atomic mass is 16.5. The molecule has 5 nitrogen and oxygen atoms in total. The Hall–Kier alpha value is -3.05. The Morgan fingerprint density at radius 2 is 1.75 bits per heavy atom. The third-order valence-corrected chi connectivity index (χ3v) is 4.69. The van der Waals surface area contributed by atoms with Crippen LogP contribution < -0.4 is 14.8 Å². The average molecular weight is 378 g/mol. The number of fused-ring (bicyclic) bond motifs is 1. The van der Waals surface area contributed by atoms with E-state index in [0.717, 1.165) is 22.1 Å². The Morgan fingerprint density at radius 3 is 2.50 bits per heavy atom. The van der Waals surface area contributed by atoms with Gasteiger partial charge >= 0.3 is 0 Å². The first-order valence-electron chi connectivity index (χ1n) is 9.25. The number of hydrogen-bond donors (Lipinski definition) is 1. The number of nitrogens with zero attached hydrogens (tertiary/aromatic N) is 1. The second-order valence-electron chi connectivity index (χ2n) is 6.86. The summed E-state index contributed by atoms with van der Waals surface area (Å²) in [7, 11) is 5.62. The molecule has 146 valence electrons. The van der Waals surface area contributed by atoms with Gasteiger partial charge in [-0.2, -0.15) is 0 Å². The highest BCUT2D eigenvalue weighted by Crippen LogP contribution is 2.22. The first-order valence-corrected chi connectivity index (χ1v) is 9.25. The smallest absolute Gasteiger partial charge is 0.258 e. The van der Waals surface area contributed by atoms with Crippen molar-refractivity contribution in [2.75, 3.05) is 34.4 Å². The van der Waals surface area contributed by atoms with Crippen LogP contribution in [0.25, 0.3) is 10.8 Å². The number of rotatable bonds is 8. The van der Waals surface area contributed by atoms with Crippen molar-refractivity contribution in [3.63, 3.8) is 0 Å². The van der Waals surface area contributed by atoms with Crippen molar-refractivity contribution in [1.82, 2.24) is 10.2 Å². The maximum Gasteiger partial charge on any atom is 0.258 e. The minimum absolute atomic E-state index is 0.0173. The zero-order chi connectivity index (χ0) is 19.9. The molecule has 0 aliphatic carbocycles. The van der Waals surface area contributed by atoms with Crippen molar-refractivity contribution in [2.45, 2.75) is 6.04 Å². The minimum Gasteiger partial charge on any atom is -0.497 e. The van der Waals surface area contributed by atoms with E-state index in [9.17, 15) is 4.79 Å². The number of benzene rings is 3. The van der Waals surface area contributed by atoms with Crippen molar-refractivity contribution in [1.29, 1.82) is 0 Å². The minimum atomic E-state index is -0.150. The number of ether oxygens (including phenoxy) is 2. The molecule has 1 N–H and O–H groups in total. The van der Waals surface area contributed by atoms with Gasteiger partial charge in [0.25, 0.3) is 5.91 Å². The third-order valence-electron chi connectivity index (χ3n) is 4.69. The lowest BCUT2D eigenvalue weighted by molar-refractivity contribution is -0.123. The van der Waals surface area contributed by atoms with Crippen molar-refractivity contribution in [3.05, 3.63) is 72.3 Å². The highest BCUT2D eigenvalue weighted by Gasteiger charge is 2.16. The van der Waals surface area contributed by atoms with Gasteiger partial charge in [0.1, 0.15) is 11.5 Å². The Morgan fingerprint density at radius 1 is 0.964 bits per heavy atom. The molecule has 0 heterocycles. The highest BCUT2D eigenvalue weighted by molar-refractivity contribution is 5.84. The van der Waals surface area contributed by atoms with Crippen LogP contribution in [0.15, 0.2) is 66.7 Å². The van der Waals surface area contributed by atoms with E-state index in [1.54, 1.807) is 7.11 Å². The average Bonchev–Trinajstić information content (AvgIpc) is 2.72. The monoisotopic (exact) mass is 378 g/mol. The number of hydrogen-bond acceptors (Lipinski definition) is 4.